The molecule has 0 saturated heterocycles. The van der Waals surface area contributed by atoms with Crippen molar-refractivity contribution in [3.05, 3.63) is 59.8 Å². The van der Waals surface area contributed by atoms with Crippen molar-refractivity contribution in [2.75, 3.05) is 5.32 Å². The second-order valence-corrected chi connectivity index (χ2v) is 7.49. The van der Waals surface area contributed by atoms with E-state index >= 15 is 0 Å². The average molecular weight is 405 g/mol. The van der Waals surface area contributed by atoms with Gasteiger partial charge in [-0.3, -0.25) is 14.3 Å². The van der Waals surface area contributed by atoms with E-state index in [1.54, 1.807) is 35.0 Å². The number of aromatic nitrogens is 5. The summed E-state index contributed by atoms with van der Waals surface area (Å²) < 4.78 is 16.5. The van der Waals surface area contributed by atoms with E-state index in [0.29, 0.717) is 35.2 Å². The molecule has 0 atom stereocenters. The minimum absolute atomic E-state index is 0.0542. The van der Waals surface area contributed by atoms with Gasteiger partial charge in [0.15, 0.2) is 5.82 Å². The van der Waals surface area contributed by atoms with Gasteiger partial charge in [0, 0.05) is 48.2 Å². The molecule has 1 fully saturated rings. The number of H-pyrrole nitrogens is 1. The highest BCUT2D eigenvalue weighted by molar-refractivity contribution is 5.80. The molecule has 1 aromatic carbocycles. The Bertz CT molecular complexity index is 1240. The Labute approximate surface area is 171 Å². The number of amides is 1. The van der Waals surface area contributed by atoms with E-state index in [4.69, 9.17) is 0 Å². The van der Waals surface area contributed by atoms with Crippen molar-refractivity contribution in [3.63, 3.8) is 0 Å². The van der Waals surface area contributed by atoms with Crippen LogP contribution in [0.25, 0.3) is 16.9 Å². The summed E-state index contributed by atoms with van der Waals surface area (Å²) in [7, 11) is 0. The molecule has 5 rings (SSSR count). The number of rotatable bonds is 6. The summed E-state index contributed by atoms with van der Waals surface area (Å²) >= 11 is 0. The third-order valence-corrected chi connectivity index (χ3v) is 5.06. The molecule has 0 unspecified atom stereocenters. The van der Waals surface area contributed by atoms with Gasteiger partial charge < -0.3 is 10.6 Å². The van der Waals surface area contributed by atoms with Crippen LogP contribution in [0.15, 0.2) is 42.7 Å². The minimum Gasteiger partial charge on any atom is -0.352 e. The van der Waals surface area contributed by atoms with E-state index in [1.807, 2.05) is 13.0 Å². The van der Waals surface area contributed by atoms with Gasteiger partial charge in [0.05, 0.1) is 5.69 Å². The van der Waals surface area contributed by atoms with Crippen LogP contribution < -0.4 is 10.6 Å². The molecule has 1 aliphatic rings. The Balaban J connectivity index is 1.49. The van der Waals surface area contributed by atoms with E-state index in [1.165, 1.54) is 6.07 Å². The maximum Gasteiger partial charge on any atom is 0.223 e. The Hall–Kier alpha value is -3.75. The van der Waals surface area contributed by atoms with Gasteiger partial charge >= 0.3 is 0 Å². The molecule has 8 nitrogen and oxygen atoms in total. The van der Waals surface area contributed by atoms with Crippen molar-refractivity contribution in [1.29, 1.82) is 0 Å². The molecule has 9 heteroatoms. The molecular formula is C21H20FN7O. The number of hydrogen-bond acceptors (Lipinski definition) is 5. The predicted molar refractivity (Wildman–Crippen MR) is 110 cm³/mol. The average Bonchev–Trinajstić information content (AvgIpc) is 3.34. The highest BCUT2D eigenvalue weighted by atomic mass is 19.1. The number of imidazole rings is 1. The minimum atomic E-state index is -0.391. The van der Waals surface area contributed by atoms with E-state index in [0.717, 1.165) is 24.1 Å². The van der Waals surface area contributed by atoms with Crippen molar-refractivity contribution in [1.82, 2.24) is 29.9 Å². The Morgan fingerprint density at radius 2 is 2.17 bits per heavy atom. The lowest BCUT2D eigenvalue weighted by Gasteiger charge is -2.11. The fourth-order valence-electron chi connectivity index (χ4n) is 3.30. The molecule has 4 aromatic rings. The van der Waals surface area contributed by atoms with Crippen molar-refractivity contribution in [2.24, 2.45) is 5.92 Å². The van der Waals surface area contributed by atoms with Crippen LogP contribution in [0.1, 0.15) is 24.1 Å². The van der Waals surface area contributed by atoms with E-state index in [-0.39, 0.29) is 11.8 Å². The lowest BCUT2D eigenvalue weighted by molar-refractivity contribution is -0.122. The molecule has 1 amide bonds. The van der Waals surface area contributed by atoms with E-state index in [9.17, 15) is 9.18 Å². The van der Waals surface area contributed by atoms with Gasteiger partial charge in [-0.05, 0) is 37.5 Å². The fraction of sp³-hybridized carbons (Fsp3) is 0.238. The standard InChI is InChI=1S/C21H20FN7O/c1-12-8-18(28-27-12)26-21-25-17(10-19-23-6-7-29(19)21)15-9-13(2-5-16(15)22)11-24-20(30)14-3-4-14/h2,5-10,14H,3-4,11H2,1H3,(H,24,30)(H2,25,26,27,28). The first kappa shape index (κ1) is 18.3. The summed E-state index contributed by atoms with van der Waals surface area (Å²) in [6.45, 7) is 2.25. The van der Waals surface area contributed by atoms with Gasteiger partial charge in [-0.25, -0.2) is 14.4 Å². The van der Waals surface area contributed by atoms with Gasteiger partial charge in [0.1, 0.15) is 11.5 Å². The zero-order valence-electron chi connectivity index (χ0n) is 16.3. The number of halogens is 1. The largest absolute Gasteiger partial charge is 0.352 e. The first-order chi connectivity index (χ1) is 14.6. The molecule has 0 radical (unpaired) electrons. The van der Waals surface area contributed by atoms with Gasteiger partial charge in [-0.15, -0.1) is 0 Å². The zero-order chi connectivity index (χ0) is 20.7. The van der Waals surface area contributed by atoms with E-state index < -0.39 is 5.82 Å². The van der Waals surface area contributed by atoms with Crippen LogP contribution in [0.4, 0.5) is 16.2 Å². The molecule has 0 aliphatic heterocycles. The van der Waals surface area contributed by atoms with Gasteiger partial charge in [0.25, 0.3) is 0 Å². The van der Waals surface area contributed by atoms with Crippen molar-refractivity contribution < 1.29 is 9.18 Å². The molecule has 3 heterocycles. The third kappa shape index (κ3) is 3.61. The highest BCUT2D eigenvalue weighted by Gasteiger charge is 2.29. The lowest BCUT2D eigenvalue weighted by Crippen LogP contribution is -2.24. The number of anilines is 2. The highest BCUT2D eigenvalue weighted by Crippen LogP contribution is 2.29. The molecule has 0 spiro atoms. The van der Waals surface area contributed by atoms with Crippen LogP contribution in [0.2, 0.25) is 0 Å². The first-order valence-electron chi connectivity index (χ1n) is 9.76. The van der Waals surface area contributed by atoms with Gasteiger partial charge in [-0.1, -0.05) is 6.07 Å². The van der Waals surface area contributed by atoms with Crippen LogP contribution in [0.3, 0.4) is 0 Å². The molecular weight excluding hydrogens is 385 g/mol. The molecule has 152 valence electrons. The van der Waals surface area contributed by atoms with Crippen LogP contribution in [0.5, 0.6) is 0 Å². The molecule has 1 saturated carbocycles. The molecule has 3 N–H and O–H groups in total. The number of carbonyl (C=O) groups is 1. The Kier molecular flexibility index (Phi) is 4.42. The van der Waals surface area contributed by atoms with Gasteiger partial charge in [-0.2, -0.15) is 5.10 Å². The van der Waals surface area contributed by atoms with Crippen LogP contribution in [0, 0.1) is 18.7 Å². The van der Waals surface area contributed by atoms with Crippen LogP contribution >= 0.6 is 0 Å². The number of fused-ring (bicyclic) bond motifs is 1. The smallest absolute Gasteiger partial charge is 0.223 e. The summed E-state index contributed by atoms with van der Waals surface area (Å²) in [4.78, 5) is 20.9. The second kappa shape index (κ2) is 7.25. The number of nitrogens with one attached hydrogen (secondary N) is 3. The van der Waals surface area contributed by atoms with Crippen molar-refractivity contribution in [2.45, 2.75) is 26.3 Å². The maximum atomic E-state index is 14.7. The zero-order valence-corrected chi connectivity index (χ0v) is 16.3. The maximum absolute atomic E-state index is 14.7. The molecule has 3 aromatic heterocycles. The predicted octanol–water partition coefficient (Wildman–Crippen LogP) is 3.34. The van der Waals surface area contributed by atoms with Crippen molar-refractivity contribution in [3.8, 4) is 11.3 Å². The van der Waals surface area contributed by atoms with Crippen LogP contribution in [-0.2, 0) is 11.3 Å². The molecule has 1 aliphatic carbocycles. The summed E-state index contributed by atoms with van der Waals surface area (Å²) in [5.41, 5.74) is 3.13. The number of hydrogen-bond donors (Lipinski definition) is 3. The first-order valence-corrected chi connectivity index (χ1v) is 9.76. The quantitative estimate of drug-likeness (QED) is 0.457. The summed E-state index contributed by atoms with van der Waals surface area (Å²) in [5, 5.41) is 13.1. The SMILES string of the molecule is Cc1cc(Nc2nc(-c3cc(CNC(=O)C4CC4)ccc3F)cc3nccn23)n[nH]1. The Morgan fingerprint density at radius 3 is 2.93 bits per heavy atom. The van der Waals surface area contributed by atoms with Gasteiger partial charge in [0.2, 0.25) is 11.9 Å². The third-order valence-electron chi connectivity index (χ3n) is 5.06. The van der Waals surface area contributed by atoms with E-state index in [2.05, 4.69) is 30.8 Å². The number of aromatic amines is 1. The van der Waals surface area contributed by atoms with Crippen LogP contribution in [-0.4, -0.2) is 30.5 Å². The number of benzene rings is 1. The molecule has 0 bridgehead atoms. The lowest BCUT2D eigenvalue weighted by atomic mass is 10.1. The number of nitrogens with zero attached hydrogens (tertiary/aromatic N) is 4. The second-order valence-electron chi connectivity index (χ2n) is 7.49. The molecule has 30 heavy (non-hydrogen) atoms. The Morgan fingerprint density at radius 1 is 1.30 bits per heavy atom. The van der Waals surface area contributed by atoms with Crippen molar-refractivity contribution >= 4 is 23.3 Å². The number of aryl methyl sites for hydroxylation is 1. The number of carbonyl (C=O) groups excluding carboxylic acids is 1. The summed E-state index contributed by atoms with van der Waals surface area (Å²) in [6, 6.07) is 8.36. The topological polar surface area (TPSA) is 100 Å². The summed E-state index contributed by atoms with van der Waals surface area (Å²) in [5.74, 6) is 0.868. The monoisotopic (exact) mass is 405 g/mol. The summed E-state index contributed by atoms with van der Waals surface area (Å²) in [6.07, 6.45) is 5.32. The fourth-order valence-corrected chi connectivity index (χ4v) is 3.30. The normalized spacial score (nSPS) is 13.5.